The molecule has 1 aromatic carbocycles. The highest BCUT2D eigenvalue weighted by atomic mass is 16.5. The molecule has 3 N–H and O–H groups in total. The van der Waals surface area contributed by atoms with Crippen LogP contribution >= 0.6 is 0 Å². The maximum Gasteiger partial charge on any atom is 0.251 e. The van der Waals surface area contributed by atoms with Gasteiger partial charge in [0.25, 0.3) is 5.91 Å². The maximum atomic E-state index is 12.7. The fraction of sp³-hybridized carbons (Fsp3) is 0.455. The molecule has 4 rings (SSSR count). The molecule has 2 aliphatic heterocycles. The van der Waals surface area contributed by atoms with E-state index in [1.54, 1.807) is 7.11 Å². The molecule has 0 spiro atoms. The number of allylic oxidation sites excluding steroid dienone is 2. The largest absolute Gasteiger partial charge is 0.496 e. The lowest BCUT2D eigenvalue weighted by Crippen LogP contribution is -2.36. The van der Waals surface area contributed by atoms with E-state index >= 15 is 0 Å². The van der Waals surface area contributed by atoms with Gasteiger partial charge in [0.1, 0.15) is 18.2 Å². The van der Waals surface area contributed by atoms with Crippen molar-refractivity contribution in [2.45, 2.75) is 50.9 Å². The van der Waals surface area contributed by atoms with Crippen LogP contribution in [0.4, 0.5) is 0 Å². The highest BCUT2D eigenvalue weighted by molar-refractivity contribution is 5.95. The summed E-state index contributed by atoms with van der Waals surface area (Å²) in [6, 6.07) is 5.89. The van der Waals surface area contributed by atoms with E-state index in [9.17, 15) is 9.90 Å². The summed E-state index contributed by atoms with van der Waals surface area (Å²) in [6.07, 6.45) is 11.5. The molecule has 29 heavy (non-hydrogen) atoms. The monoisotopic (exact) mass is 396 g/mol. The Morgan fingerprint density at radius 1 is 1.34 bits per heavy atom. The zero-order chi connectivity index (χ0) is 20.2. The first kappa shape index (κ1) is 19.5. The molecule has 2 heterocycles. The molecule has 1 amide bonds. The number of rotatable bonds is 6. The van der Waals surface area contributed by atoms with Crippen molar-refractivity contribution in [3.63, 3.8) is 0 Å². The Hall–Kier alpha value is -2.80. The molecule has 1 fully saturated rings. The fourth-order valence-electron chi connectivity index (χ4n) is 4.15. The van der Waals surface area contributed by atoms with Crippen LogP contribution in [0.1, 0.15) is 48.0 Å². The molecular weight excluding hydrogens is 368 g/mol. The number of aliphatic hydroxyl groups is 1. The summed E-state index contributed by atoms with van der Waals surface area (Å²) in [6.45, 7) is 0.464. The second-order valence-corrected chi connectivity index (χ2v) is 7.70. The number of methoxy groups -OCH3 is 1. The Morgan fingerprint density at radius 3 is 2.93 bits per heavy atom. The van der Waals surface area contributed by atoms with Crippen molar-refractivity contribution in [1.29, 1.82) is 0 Å². The predicted molar refractivity (Wildman–Crippen MR) is 112 cm³/mol. The molecule has 1 aromatic rings. The van der Waals surface area contributed by atoms with Crippen molar-refractivity contribution in [3.8, 4) is 5.75 Å². The number of amidine groups is 1. The number of aliphatic imine (C=N–C) groups is 1. The van der Waals surface area contributed by atoms with E-state index in [-0.39, 0.29) is 24.7 Å². The second kappa shape index (κ2) is 8.69. The molecule has 0 aromatic heterocycles. The van der Waals surface area contributed by atoms with Crippen LogP contribution in [0, 0.1) is 0 Å². The summed E-state index contributed by atoms with van der Waals surface area (Å²) in [4.78, 5) is 19.3. The SMILES string of the molecule is COc1cc(C(=O)NC2CCCCC2)ccc1CN1C=CC=C2NC(CO)=NC21. The van der Waals surface area contributed by atoms with Crippen molar-refractivity contribution >= 4 is 11.7 Å². The number of hydrogen-bond acceptors (Lipinski definition) is 6. The minimum Gasteiger partial charge on any atom is -0.496 e. The molecule has 0 radical (unpaired) electrons. The molecule has 1 saturated carbocycles. The van der Waals surface area contributed by atoms with E-state index < -0.39 is 0 Å². The number of nitrogens with one attached hydrogen (secondary N) is 2. The standard InChI is InChI=1S/C22H28N4O3/c1-29-19-12-15(22(28)23-17-6-3-2-4-7-17)9-10-16(19)13-26-11-5-8-18-21(26)25-20(14-27)24-18/h5,8-12,17,21,27H,2-4,6-7,13-14H2,1H3,(H,23,28)(H,24,25). The summed E-state index contributed by atoms with van der Waals surface area (Å²) in [5, 5.41) is 15.6. The number of fused-ring (bicyclic) bond motifs is 1. The normalized spacial score (nSPS) is 21.2. The Morgan fingerprint density at radius 2 is 2.17 bits per heavy atom. The van der Waals surface area contributed by atoms with Crippen LogP contribution in [0.5, 0.6) is 5.75 Å². The lowest BCUT2D eigenvalue weighted by atomic mass is 9.95. The van der Waals surface area contributed by atoms with Crippen LogP contribution < -0.4 is 15.4 Å². The molecule has 154 valence electrons. The Kier molecular flexibility index (Phi) is 5.85. The van der Waals surface area contributed by atoms with Gasteiger partial charge in [0, 0.05) is 29.9 Å². The zero-order valence-electron chi connectivity index (χ0n) is 16.7. The molecule has 0 saturated heterocycles. The van der Waals surface area contributed by atoms with Gasteiger partial charge in [0.2, 0.25) is 0 Å². The fourth-order valence-corrected chi connectivity index (χ4v) is 4.15. The van der Waals surface area contributed by atoms with Gasteiger partial charge in [-0.15, -0.1) is 0 Å². The van der Waals surface area contributed by atoms with Crippen molar-refractivity contribution in [2.75, 3.05) is 13.7 Å². The summed E-state index contributed by atoms with van der Waals surface area (Å²) in [7, 11) is 1.62. The van der Waals surface area contributed by atoms with Gasteiger partial charge in [-0.2, -0.15) is 0 Å². The average molecular weight is 396 g/mol. The molecule has 1 unspecified atom stereocenters. The van der Waals surface area contributed by atoms with Gasteiger partial charge in [0.05, 0.1) is 12.8 Å². The lowest BCUT2D eigenvalue weighted by Gasteiger charge is -2.29. The smallest absolute Gasteiger partial charge is 0.251 e. The minimum absolute atomic E-state index is 0.0398. The van der Waals surface area contributed by atoms with E-state index in [0.29, 0.717) is 23.7 Å². The van der Waals surface area contributed by atoms with E-state index in [1.165, 1.54) is 19.3 Å². The Bertz CT molecular complexity index is 856. The molecule has 0 bridgehead atoms. The van der Waals surface area contributed by atoms with Crippen LogP contribution in [-0.4, -0.2) is 47.7 Å². The van der Waals surface area contributed by atoms with Gasteiger partial charge in [-0.1, -0.05) is 25.3 Å². The highest BCUT2D eigenvalue weighted by Gasteiger charge is 2.28. The first-order valence-corrected chi connectivity index (χ1v) is 10.2. The van der Waals surface area contributed by atoms with E-state index in [2.05, 4.69) is 20.5 Å². The third kappa shape index (κ3) is 4.29. The molecule has 7 nitrogen and oxygen atoms in total. The van der Waals surface area contributed by atoms with E-state index in [1.807, 2.05) is 36.6 Å². The number of benzene rings is 1. The number of carbonyl (C=O) groups excluding carboxylic acids is 1. The number of nitrogens with zero attached hydrogens (tertiary/aromatic N) is 2. The first-order valence-electron chi connectivity index (χ1n) is 10.2. The zero-order valence-corrected chi connectivity index (χ0v) is 16.7. The van der Waals surface area contributed by atoms with Crippen molar-refractivity contribution in [2.24, 2.45) is 4.99 Å². The predicted octanol–water partition coefficient (Wildman–Crippen LogP) is 2.29. The van der Waals surface area contributed by atoms with Gasteiger partial charge in [-0.3, -0.25) is 4.79 Å². The summed E-state index contributed by atoms with van der Waals surface area (Å²) < 4.78 is 5.58. The van der Waals surface area contributed by atoms with Gasteiger partial charge < -0.3 is 25.4 Å². The van der Waals surface area contributed by atoms with Gasteiger partial charge in [-0.25, -0.2) is 4.99 Å². The quantitative estimate of drug-likeness (QED) is 0.687. The van der Waals surface area contributed by atoms with Crippen LogP contribution in [0.2, 0.25) is 0 Å². The lowest BCUT2D eigenvalue weighted by molar-refractivity contribution is 0.0927. The maximum absolute atomic E-state index is 12.7. The molecule has 7 heteroatoms. The van der Waals surface area contributed by atoms with Crippen LogP contribution in [0.15, 0.2) is 47.2 Å². The summed E-state index contributed by atoms with van der Waals surface area (Å²) in [5.74, 6) is 1.21. The number of aliphatic hydroxyl groups excluding tert-OH is 1. The number of carbonyl (C=O) groups is 1. The molecule has 1 atom stereocenters. The Balaban J connectivity index is 1.47. The van der Waals surface area contributed by atoms with Crippen molar-refractivity contribution < 1.29 is 14.6 Å². The Labute approximate surface area is 171 Å². The van der Waals surface area contributed by atoms with Crippen molar-refractivity contribution in [3.05, 3.63) is 53.4 Å². The van der Waals surface area contributed by atoms with E-state index in [4.69, 9.17) is 4.74 Å². The third-order valence-corrected chi connectivity index (χ3v) is 5.70. The minimum atomic E-state index is -0.180. The van der Waals surface area contributed by atoms with Crippen LogP contribution in [0.25, 0.3) is 0 Å². The highest BCUT2D eigenvalue weighted by Crippen LogP contribution is 2.27. The first-order chi connectivity index (χ1) is 14.2. The van der Waals surface area contributed by atoms with Crippen molar-refractivity contribution in [1.82, 2.24) is 15.5 Å². The number of amides is 1. The number of hydrogen-bond donors (Lipinski definition) is 3. The topological polar surface area (TPSA) is 86.2 Å². The second-order valence-electron chi connectivity index (χ2n) is 7.70. The number of ether oxygens (including phenoxy) is 1. The van der Waals surface area contributed by atoms with Crippen LogP contribution in [0.3, 0.4) is 0 Å². The van der Waals surface area contributed by atoms with E-state index in [0.717, 1.165) is 24.1 Å². The van der Waals surface area contributed by atoms with Gasteiger partial charge in [0.15, 0.2) is 6.17 Å². The summed E-state index contributed by atoms with van der Waals surface area (Å²) >= 11 is 0. The molecule has 3 aliphatic rings. The van der Waals surface area contributed by atoms with Crippen LogP contribution in [-0.2, 0) is 6.54 Å². The molecule has 1 aliphatic carbocycles. The summed E-state index contributed by atoms with van der Waals surface area (Å²) in [5.41, 5.74) is 2.54. The van der Waals surface area contributed by atoms with Gasteiger partial charge >= 0.3 is 0 Å². The average Bonchev–Trinajstić information content (AvgIpc) is 3.19. The van der Waals surface area contributed by atoms with Gasteiger partial charge in [-0.05, 0) is 37.1 Å². The third-order valence-electron chi connectivity index (χ3n) is 5.70. The molecular formula is C22H28N4O3.